The molecule has 3 heteroatoms. The molecule has 1 aliphatic heterocycles. The van der Waals surface area contributed by atoms with Crippen LogP contribution >= 0.6 is 0 Å². The van der Waals surface area contributed by atoms with Crippen LogP contribution in [0.1, 0.15) is 35.2 Å². The number of Topliss-reactive ketones (excluding diaryl/α,β-unsaturated/α-hetero) is 1. The van der Waals surface area contributed by atoms with Crippen molar-refractivity contribution in [1.82, 2.24) is 4.90 Å². The van der Waals surface area contributed by atoms with Crippen molar-refractivity contribution in [2.75, 3.05) is 13.1 Å². The Morgan fingerprint density at radius 2 is 2.06 bits per heavy atom. The van der Waals surface area contributed by atoms with Crippen molar-refractivity contribution < 1.29 is 9.59 Å². The maximum absolute atomic E-state index is 12.4. The minimum atomic E-state index is 0.0251. The largest absolute Gasteiger partial charge is 0.331 e. The van der Waals surface area contributed by atoms with Gasteiger partial charge in [0, 0.05) is 18.0 Å². The molecule has 2 aliphatic rings. The minimum Gasteiger partial charge on any atom is -0.331 e. The lowest BCUT2D eigenvalue weighted by Gasteiger charge is -2.20. The average molecular weight is 243 g/mol. The average Bonchev–Trinajstić information content (AvgIpc) is 3.20. The predicted molar refractivity (Wildman–Crippen MR) is 68.4 cm³/mol. The first-order valence-corrected chi connectivity index (χ1v) is 6.65. The third kappa shape index (κ3) is 2.17. The van der Waals surface area contributed by atoms with E-state index in [9.17, 15) is 9.59 Å². The molecule has 0 radical (unpaired) electrons. The molecule has 0 bridgehead atoms. The van der Waals surface area contributed by atoms with Gasteiger partial charge in [0.2, 0.25) is 0 Å². The molecule has 1 heterocycles. The van der Waals surface area contributed by atoms with E-state index < -0.39 is 0 Å². The van der Waals surface area contributed by atoms with Gasteiger partial charge in [0.25, 0.3) is 5.91 Å². The van der Waals surface area contributed by atoms with Gasteiger partial charge in [-0.1, -0.05) is 18.2 Å². The number of hydrogen-bond acceptors (Lipinski definition) is 2. The van der Waals surface area contributed by atoms with Crippen LogP contribution in [0.15, 0.2) is 24.3 Å². The molecule has 94 valence electrons. The van der Waals surface area contributed by atoms with Crippen LogP contribution in [0.5, 0.6) is 0 Å². The van der Waals surface area contributed by atoms with Crippen molar-refractivity contribution in [3.63, 3.8) is 0 Å². The topological polar surface area (TPSA) is 37.4 Å². The Hall–Kier alpha value is -1.64. The van der Waals surface area contributed by atoms with Crippen LogP contribution in [0.3, 0.4) is 0 Å². The van der Waals surface area contributed by atoms with Crippen molar-refractivity contribution >= 4 is 11.7 Å². The van der Waals surface area contributed by atoms with Crippen LogP contribution in [0, 0.1) is 5.92 Å². The van der Waals surface area contributed by atoms with Gasteiger partial charge in [-0.25, -0.2) is 0 Å². The standard InChI is InChI=1S/C15H17NO2/c17-14(12-7-8-12)10-16-9-3-5-11-4-1-2-6-13(11)15(16)18/h1-2,4,6,12H,3,5,7-10H2. The van der Waals surface area contributed by atoms with Gasteiger partial charge in [-0.2, -0.15) is 0 Å². The summed E-state index contributed by atoms with van der Waals surface area (Å²) in [5, 5.41) is 0. The molecule has 0 atom stereocenters. The van der Waals surface area contributed by atoms with Crippen molar-refractivity contribution in [2.45, 2.75) is 25.7 Å². The van der Waals surface area contributed by atoms with Crippen LogP contribution in [0.25, 0.3) is 0 Å². The quantitative estimate of drug-likeness (QED) is 0.814. The summed E-state index contributed by atoms with van der Waals surface area (Å²) in [7, 11) is 0. The second-order valence-electron chi connectivity index (χ2n) is 5.23. The summed E-state index contributed by atoms with van der Waals surface area (Å²) < 4.78 is 0. The number of fused-ring (bicyclic) bond motifs is 1. The maximum Gasteiger partial charge on any atom is 0.254 e. The smallest absolute Gasteiger partial charge is 0.254 e. The lowest BCUT2D eigenvalue weighted by Crippen LogP contribution is -2.36. The van der Waals surface area contributed by atoms with Crippen LogP contribution < -0.4 is 0 Å². The Morgan fingerprint density at radius 3 is 2.83 bits per heavy atom. The van der Waals surface area contributed by atoms with E-state index in [1.165, 1.54) is 0 Å². The van der Waals surface area contributed by atoms with Gasteiger partial charge in [0.05, 0.1) is 6.54 Å². The molecule has 1 aliphatic carbocycles. The fourth-order valence-electron chi connectivity index (χ4n) is 2.55. The fraction of sp³-hybridized carbons (Fsp3) is 0.467. The second kappa shape index (κ2) is 4.56. The first kappa shape index (κ1) is 11.5. The number of rotatable bonds is 3. The molecule has 18 heavy (non-hydrogen) atoms. The second-order valence-corrected chi connectivity index (χ2v) is 5.23. The normalized spacial score (nSPS) is 19.3. The van der Waals surface area contributed by atoms with E-state index >= 15 is 0 Å². The molecular weight excluding hydrogens is 226 g/mol. The van der Waals surface area contributed by atoms with E-state index in [0.717, 1.165) is 36.8 Å². The van der Waals surface area contributed by atoms with Crippen molar-refractivity contribution in [3.05, 3.63) is 35.4 Å². The van der Waals surface area contributed by atoms with E-state index in [4.69, 9.17) is 0 Å². The molecule has 1 fully saturated rings. The van der Waals surface area contributed by atoms with Crippen LogP contribution in [-0.2, 0) is 11.2 Å². The van der Waals surface area contributed by atoms with Gasteiger partial charge in [-0.3, -0.25) is 9.59 Å². The third-order valence-corrected chi connectivity index (χ3v) is 3.79. The summed E-state index contributed by atoms with van der Waals surface area (Å²) in [6, 6.07) is 7.75. The molecular formula is C15H17NO2. The Balaban J connectivity index is 1.80. The van der Waals surface area contributed by atoms with E-state index in [1.807, 2.05) is 24.3 Å². The Bertz CT molecular complexity index is 491. The van der Waals surface area contributed by atoms with Crippen molar-refractivity contribution in [2.24, 2.45) is 5.92 Å². The number of aryl methyl sites for hydroxylation is 1. The number of carbonyl (C=O) groups is 2. The SMILES string of the molecule is O=C(CN1CCCc2ccccc2C1=O)C1CC1. The Morgan fingerprint density at radius 1 is 1.28 bits per heavy atom. The van der Waals surface area contributed by atoms with Gasteiger partial charge in [-0.15, -0.1) is 0 Å². The van der Waals surface area contributed by atoms with E-state index in [1.54, 1.807) is 4.90 Å². The third-order valence-electron chi connectivity index (χ3n) is 3.79. The molecule has 0 spiro atoms. The zero-order valence-corrected chi connectivity index (χ0v) is 10.4. The van der Waals surface area contributed by atoms with Crippen molar-refractivity contribution in [3.8, 4) is 0 Å². The summed E-state index contributed by atoms with van der Waals surface area (Å²) >= 11 is 0. The van der Waals surface area contributed by atoms with Gasteiger partial charge in [0.15, 0.2) is 5.78 Å². The van der Waals surface area contributed by atoms with Gasteiger partial charge in [-0.05, 0) is 37.3 Å². The summed E-state index contributed by atoms with van der Waals surface area (Å²) in [4.78, 5) is 26.0. The van der Waals surface area contributed by atoms with Gasteiger partial charge >= 0.3 is 0 Å². The number of amides is 1. The van der Waals surface area contributed by atoms with E-state index in [-0.39, 0.29) is 17.6 Å². The Kier molecular flexibility index (Phi) is 2.90. The van der Waals surface area contributed by atoms with E-state index in [0.29, 0.717) is 13.1 Å². The van der Waals surface area contributed by atoms with Crippen LogP contribution in [0.2, 0.25) is 0 Å². The zero-order valence-electron chi connectivity index (χ0n) is 10.4. The zero-order chi connectivity index (χ0) is 12.5. The Labute approximate surface area is 107 Å². The van der Waals surface area contributed by atoms with Gasteiger partial charge < -0.3 is 4.90 Å². The number of benzene rings is 1. The lowest BCUT2D eigenvalue weighted by atomic mass is 10.0. The molecule has 1 aromatic carbocycles. The number of nitrogens with zero attached hydrogens (tertiary/aromatic N) is 1. The highest BCUT2D eigenvalue weighted by Gasteiger charge is 2.32. The summed E-state index contributed by atoms with van der Waals surface area (Å²) in [6.07, 6.45) is 3.89. The van der Waals surface area contributed by atoms with E-state index in [2.05, 4.69) is 0 Å². The highest BCUT2D eigenvalue weighted by atomic mass is 16.2. The molecule has 1 aromatic rings. The molecule has 1 saturated carbocycles. The highest BCUT2D eigenvalue weighted by Crippen LogP contribution is 2.30. The summed E-state index contributed by atoms with van der Waals surface area (Å²) in [5.41, 5.74) is 1.89. The molecule has 0 unspecified atom stereocenters. The number of carbonyl (C=O) groups excluding carboxylic acids is 2. The molecule has 3 nitrogen and oxygen atoms in total. The molecule has 3 rings (SSSR count). The minimum absolute atomic E-state index is 0.0251. The maximum atomic E-state index is 12.4. The first-order chi connectivity index (χ1) is 8.75. The number of ketones is 1. The van der Waals surface area contributed by atoms with Crippen molar-refractivity contribution in [1.29, 1.82) is 0 Å². The van der Waals surface area contributed by atoms with Crippen LogP contribution in [0.4, 0.5) is 0 Å². The molecule has 0 saturated heterocycles. The van der Waals surface area contributed by atoms with Gasteiger partial charge in [0.1, 0.15) is 0 Å². The summed E-state index contributed by atoms with van der Waals surface area (Å²) in [5.74, 6) is 0.496. The highest BCUT2D eigenvalue weighted by molar-refractivity contribution is 5.98. The monoisotopic (exact) mass is 243 g/mol. The fourth-order valence-corrected chi connectivity index (χ4v) is 2.55. The molecule has 1 amide bonds. The number of hydrogen-bond donors (Lipinski definition) is 0. The first-order valence-electron chi connectivity index (χ1n) is 6.65. The van der Waals surface area contributed by atoms with Crippen LogP contribution in [-0.4, -0.2) is 29.7 Å². The lowest BCUT2D eigenvalue weighted by molar-refractivity contribution is -0.120. The predicted octanol–water partition coefficient (Wildman–Crippen LogP) is 2.05. The molecule has 0 aromatic heterocycles. The molecule has 0 N–H and O–H groups in total. The summed E-state index contributed by atoms with van der Waals surface area (Å²) in [6.45, 7) is 1.00.